The van der Waals surface area contributed by atoms with Crippen LogP contribution in [-0.4, -0.2) is 25.1 Å². The number of aryl methyl sites for hydroxylation is 2. The second-order valence-corrected chi connectivity index (χ2v) is 10.5. The molecule has 1 aromatic heterocycles. The Morgan fingerprint density at radius 2 is 1.86 bits per heavy atom. The van der Waals surface area contributed by atoms with E-state index in [0.717, 1.165) is 23.1 Å². The predicted molar refractivity (Wildman–Crippen MR) is 116 cm³/mol. The second-order valence-electron chi connectivity index (χ2n) is 6.97. The van der Waals surface area contributed by atoms with Crippen molar-refractivity contribution >= 4 is 54.0 Å². The van der Waals surface area contributed by atoms with Gasteiger partial charge in [0.15, 0.2) is 9.84 Å². The highest BCUT2D eigenvalue weighted by Gasteiger charge is 2.18. The van der Waals surface area contributed by atoms with Gasteiger partial charge in [0.25, 0.3) is 0 Å². The summed E-state index contributed by atoms with van der Waals surface area (Å²) in [5.74, 6) is -0.695. The lowest BCUT2D eigenvalue weighted by Gasteiger charge is -2.15. The van der Waals surface area contributed by atoms with Crippen LogP contribution in [0.25, 0.3) is 10.2 Å². The topological polar surface area (TPSA) is 88.2 Å². The SMILES string of the molecule is O=C(CCS(=O)(=O)c1ccc(Cl)cc1)NNc1nc2c3c(ccc2s1)CCCC3. The number of carbonyl (C=O) groups is 1. The number of rotatable bonds is 6. The van der Waals surface area contributed by atoms with E-state index < -0.39 is 15.7 Å². The molecular formula is C20H20ClN3O3S2. The Kier molecular flexibility index (Phi) is 5.76. The van der Waals surface area contributed by atoms with Gasteiger partial charge < -0.3 is 0 Å². The minimum Gasteiger partial charge on any atom is -0.273 e. The van der Waals surface area contributed by atoms with Crippen LogP contribution in [0.2, 0.25) is 5.02 Å². The molecule has 0 saturated heterocycles. The number of amides is 1. The molecule has 6 nitrogen and oxygen atoms in total. The van der Waals surface area contributed by atoms with Crippen LogP contribution in [0.1, 0.15) is 30.4 Å². The smallest absolute Gasteiger partial charge is 0.239 e. The molecule has 0 fully saturated rings. The van der Waals surface area contributed by atoms with Gasteiger partial charge in [0.1, 0.15) is 0 Å². The molecule has 3 aromatic rings. The van der Waals surface area contributed by atoms with E-state index in [4.69, 9.17) is 11.6 Å². The fourth-order valence-corrected chi connectivity index (χ4v) is 5.66. The van der Waals surface area contributed by atoms with Gasteiger partial charge in [0.05, 0.1) is 20.9 Å². The van der Waals surface area contributed by atoms with Gasteiger partial charge in [-0.25, -0.2) is 13.4 Å². The minimum atomic E-state index is -3.55. The van der Waals surface area contributed by atoms with E-state index in [0.29, 0.717) is 10.2 Å². The van der Waals surface area contributed by atoms with E-state index in [1.807, 2.05) is 0 Å². The lowest BCUT2D eigenvalue weighted by Crippen LogP contribution is -2.30. The number of benzene rings is 2. The van der Waals surface area contributed by atoms with Crippen molar-refractivity contribution in [3.63, 3.8) is 0 Å². The van der Waals surface area contributed by atoms with E-state index in [-0.39, 0.29) is 17.1 Å². The minimum absolute atomic E-state index is 0.151. The maximum atomic E-state index is 12.3. The number of halogens is 1. The lowest BCUT2D eigenvalue weighted by atomic mass is 9.91. The summed E-state index contributed by atoms with van der Waals surface area (Å²) < 4.78 is 25.7. The molecule has 1 amide bonds. The first kappa shape index (κ1) is 20.1. The average molecular weight is 450 g/mol. The molecule has 9 heteroatoms. The summed E-state index contributed by atoms with van der Waals surface area (Å²) in [7, 11) is -3.55. The van der Waals surface area contributed by atoms with Gasteiger partial charge in [0.2, 0.25) is 11.0 Å². The summed E-state index contributed by atoms with van der Waals surface area (Å²) in [4.78, 5) is 16.9. The zero-order valence-electron chi connectivity index (χ0n) is 15.6. The summed E-state index contributed by atoms with van der Waals surface area (Å²) in [6.07, 6.45) is 4.35. The molecule has 0 spiro atoms. The Balaban J connectivity index is 1.36. The summed E-state index contributed by atoms with van der Waals surface area (Å²) in [5, 5.41) is 1.05. The first-order valence-corrected chi connectivity index (χ1v) is 12.2. The van der Waals surface area contributed by atoms with Crippen molar-refractivity contribution in [3.8, 4) is 0 Å². The van der Waals surface area contributed by atoms with Crippen molar-refractivity contribution < 1.29 is 13.2 Å². The van der Waals surface area contributed by atoms with Crippen molar-refractivity contribution in [2.24, 2.45) is 0 Å². The van der Waals surface area contributed by atoms with E-state index >= 15 is 0 Å². The van der Waals surface area contributed by atoms with E-state index in [1.165, 1.54) is 59.6 Å². The Morgan fingerprint density at radius 1 is 1.10 bits per heavy atom. The average Bonchev–Trinajstić information content (AvgIpc) is 3.15. The number of fused-ring (bicyclic) bond motifs is 3. The highest BCUT2D eigenvalue weighted by molar-refractivity contribution is 7.91. The van der Waals surface area contributed by atoms with E-state index in [9.17, 15) is 13.2 Å². The molecule has 4 rings (SSSR count). The van der Waals surface area contributed by atoms with Crippen molar-refractivity contribution in [3.05, 3.63) is 52.5 Å². The molecule has 0 aliphatic heterocycles. The van der Waals surface area contributed by atoms with Gasteiger partial charge in [-0.1, -0.05) is 29.0 Å². The highest BCUT2D eigenvalue weighted by Crippen LogP contribution is 2.33. The normalized spacial score (nSPS) is 13.8. The number of hydrogen-bond acceptors (Lipinski definition) is 6. The molecule has 1 heterocycles. The van der Waals surface area contributed by atoms with Gasteiger partial charge in [-0.05, 0) is 67.1 Å². The van der Waals surface area contributed by atoms with Crippen LogP contribution in [0.5, 0.6) is 0 Å². The Morgan fingerprint density at radius 3 is 2.66 bits per heavy atom. The maximum Gasteiger partial charge on any atom is 0.239 e. The quantitative estimate of drug-likeness (QED) is 0.552. The van der Waals surface area contributed by atoms with Crippen LogP contribution in [0, 0.1) is 0 Å². The Hall–Kier alpha value is -2.16. The van der Waals surface area contributed by atoms with Gasteiger partial charge in [-0.2, -0.15) is 0 Å². The van der Waals surface area contributed by atoms with Crippen LogP contribution < -0.4 is 10.9 Å². The van der Waals surface area contributed by atoms with Crippen LogP contribution in [0.3, 0.4) is 0 Å². The maximum absolute atomic E-state index is 12.3. The first-order valence-electron chi connectivity index (χ1n) is 9.37. The molecule has 0 atom stereocenters. The van der Waals surface area contributed by atoms with Crippen LogP contribution in [-0.2, 0) is 27.5 Å². The van der Waals surface area contributed by atoms with Crippen molar-refractivity contribution in [1.82, 2.24) is 10.4 Å². The number of nitrogens with zero attached hydrogens (tertiary/aromatic N) is 1. The number of aromatic nitrogens is 1. The summed E-state index contributed by atoms with van der Waals surface area (Å²) in [6, 6.07) is 10.1. The van der Waals surface area contributed by atoms with Crippen LogP contribution in [0.4, 0.5) is 5.13 Å². The van der Waals surface area contributed by atoms with Gasteiger partial charge in [-0.15, -0.1) is 0 Å². The number of hydrazine groups is 1. The zero-order valence-corrected chi connectivity index (χ0v) is 18.0. The number of hydrogen-bond donors (Lipinski definition) is 2. The third kappa shape index (κ3) is 4.55. The standard InChI is InChI=1S/C20H20ClN3O3S2/c21-14-6-8-15(9-7-14)29(26,27)12-11-18(25)23-24-20-22-19-16-4-2-1-3-13(16)5-10-17(19)28-20/h5-10H,1-4,11-12H2,(H,22,24)(H,23,25). The molecule has 0 unspecified atom stereocenters. The van der Waals surface area contributed by atoms with Crippen molar-refractivity contribution in [2.45, 2.75) is 37.0 Å². The lowest BCUT2D eigenvalue weighted by molar-refractivity contribution is -0.120. The van der Waals surface area contributed by atoms with Crippen molar-refractivity contribution in [2.75, 3.05) is 11.2 Å². The molecule has 0 saturated carbocycles. The Bertz CT molecular complexity index is 1160. The summed E-state index contributed by atoms with van der Waals surface area (Å²) in [5.41, 5.74) is 9.02. The van der Waals surface area contributed by atoms with Gasteiger partial charge in [0, 0.05) is 11.4 Å². The number of nitrogens with one attached hydrogen (secondary N) is 2. The summed E-state index contributed by atoms with van der Waals surface area (Å²) >= 11 is 7.25. The summed E-state index contributed by atoms with van der Waals surface area (Å²) in [6.45, 7) is 0. The van der Waals surface area contributed by atoms with Gasteiger partial charge >= 0.3 is 0 Å². The number of anilines is 1. The van der Waals surface area contributed by atoms with Crippen molar-refractivity contribution in [1.29, 1.82) is 0 Å². The molecule has 0 radical (unpaired) electrons. The third-order valence-corrected chi connectivity index (χ3v) is 7.89. The van der Waals surface area contributed by atoms with Gasteiger partial charge in [-0.3, -0.25) is 15.6 Å². The monoisotopic (exact) mass is 449 g/mol. The van der Waals surface area contributed by atoms with Crippen LogP contribution >= 0.6 is 22.9 Å². The number of carbonyl (C=O) groups excluding carboxylic acids is 1. The van der Waals surface area contributed by atoms with E-state index in [2.05, 4.69) is 28.0 Å². The molecular weight excluding hydrogens is 430 g/mol. The first-order chi connectivity index (χ1) is 13.9. The molecule has 1 aliphatic rings. The molecule has 2 N–H and O–H groups in total. The number of thiazole rings is 1. The highest BCUT2D eigenvalue weighted by atomic mass is 35.5. The predicted octanol–water partition coefficient (Wildman–Crippen LogP) is 4.14. The molecule has 2 aromatic carbocycles. The Labute approximate surface area is 178 Å². The fourth-order valence-electron chi connectivity index (χ4n) is 3.45. The molecule has 152 valence electrons. The van der Waals surface area contributed by atoms with E-state index in [1.54, 1.807) is 0 Å². The van der Waals surface area contributed by atoms with Crippen LogP contribution in [0.15, 0.2) is 41.3 Å². The zero-order chi connectivity index (χ0) is 20.4. The largest absolute Gasteiger partial charge is 0.273 e. The third-order valence-electron chi connectivity index (χ3n) is 4.97. The number of sulfone groups is 1. The molecule has 0 bridgehead atoms. The second kappa shape index (κ2) is 8.30. The molecule has 29 heavy (non-hydrogen) atoms. The fraction of sp³-hybridized carbons (Fsp3) is 0.300. The molecule has 1 aliphatic carbocycles.